The summed E-state index contributed by atoms with van der Waals surface area (Å²) in [6, 6.07) is 4.27. The Kier molecular flexibility index (Phi) is 4.84. The molecule has 0 saturated heterocycles. The third kappa shape index (κ3) is 4.11. The second kappa shape index (κ2) is 5.96. The first kappa shape index (κ1) is 14.6. The molecular formula is C14H19FO3. The van der Waals surface area contributed by atoms with Gasteiger partial charge in [-0.05, 0) is 32.9 Å². The highest BCUT2D eigenvalue weighted by atomic mass is 19.1. The van der Waals surface area contributed by atoms with Crippen molar-refractivity contribution in [2.24, 2.45) is 0 Å². The molecule has 0 spiro atoms. The average molecular weight is 254 g/mol. The lowest BCUT2D eigenvalue weighted by Gasteiger charge is -2.22. The van der Waals surface area contributed by atoms with Crippen LogP contribution in [-0.2, 0) is 4.74 Å². The molecule has 0 aromatic heterocycles. The van der Waals surface area contributed by atoms with Crippen molar-refractivity contribution in [3.8, 4) is 5.75 Å². The number of methoxy groups -OCH3 is 1. The number of carbonyl (C=O) groups is 1. The van der Waals surface area contributed by atoms with Gasteiger partial charge in [0.15, 0.2) is 5.78 Å². The van der Waals surface area contributed by atoms with Gasteiger partial charge in [0, 0.05) is 19.6 Å². The second-order valence-corrected chi connectivity index (χ2v) is 4.76. The molecule has 0 heterocycles. The van der Waals surface area contributed by atoms with Crippen LogP contribution in [0.4, 0.5) is 4.39 Å². The van der Waals surface area contributed by atoms with Crippen molar-refractivity contribution in [3.05, 3.63) is 29.6 Å². The van der Waals surface area contributed by atoms with Crippen LogP contribution in [0.2, 0.25) is 0 Å². The van der Waals surface area contributed by atoms with Crippen molar-refractivity contribution in [1.29, 1.82) is 0 Å². The van der Waals surface area contributed by atoms with E-state index in [1.54, 1.807) is 13.2 Å². The highest BCUT2D eigenvalue weighted by Gasteiger charge is 2.16. The number of Topliss-reactive ketones (excluding diaryl/α,β-unsaturated/α-hetero) is 1. The molecular weight excluding hydrogens is 235 g/mol. The lowest BCUT2D eigenvalue weighted by Crippen LogP contribution is -2.25. The highest BCUT2D eigenvalue weighted by Crippen LogP contribution is 2.19. The maximum Gasteiger partial charge on any atom is 0.162 e. The summed E-state index contributed by atoms with van der Waals surface area (Å²) < 4.78 is 24.2. The van der Waals surface area contributed by atoms with Crippen LogP contribution in [0.15, 0.2) is 18.2 Å². The van der Waals surface area contributed by atoms with Crippen LogP contribution in [0.5, 0.6) is 5.75 Å². The van der Waals surface area contributed by atoms with Gasteiger partial charge < -0.3 is 9.47 Å². The fraction of sp³-hybridized carbons (Fsp3) is 0.500. The van der Waals surface area contributed by atoms with Gasteiger partial charge in [0.05, 0.1) is 17.8 Å². The summed E-state index contributed by atoms with van der Waals surface area (Å²) in [4.78, 5) is 11.1. The van der Waals surface area contributed by atoms with E-state index in [9.17, 15) is 9.18 Å². The van der Waals surface area contributed by atoms with Crippen LogP contribution < -0.4 is 4.74 Å². The number of hydrogen-bond donors (Lipinski definition) is 0. The first-order valence-electron chi connectivity index (χ1n) is 5.84. The van der Waals surface area contributed by atoms with Gasteiger partial charge in [-0.1, -0.05) is 0 Å². The molecule has 3 nitrogen and oxygen atoms in total. The molecule has 1 rings (SSSR count). The van der Waals surface area contributed by atoms with Crippen LogP contribution in [0.3, 0.4) is 0 Å². The molecule has 0 amide bonds. The van der Waals surface area contributed by atoms with Crippen LogP contribution in [-0.4, -0.2) is 25.1 Å². The minimum Gasteiger partial charge on any atom is -0.493 e. The smallest absolute Gasteiger partial charge is 0.162 e. The molecule has 0 bridgehead atoms. The molecule has 0 fully saturated rings. The van der Waals surface area contributed by atoms with Crippen LogP contribution >= 0.6 is 0 Å². The van der Waals surface area contributed by atoms with Gasteiger partial charge in [-0.15, -0.1) is 0 Å². The van der Waals surface area contributed by atoms with Gasteiger partial charge in [0.1, 0.15) is 11.6 Å². The first-order chi connectivity index (χ1) is 8.35. The zero-order valence-electron chi connectivity index (χ0n) is 11.2. The van der Waals surface area contributed by atoms with Crippen LogP contribution in [0.1, 0.15) is 37.6 Å². The van der Waals surface area contributed by atoms with Crippen LogP contribution in [0.25, 0.3) is 0 Å². The summed E-state index contributed by atoms with van der Waals surface area (Å²) >= 11 is 0. The molecule has 1 aromatic rings. The summed E-state index contributed by atoms with van der Waals surface area (Å²) in [5, 5.41) is 0. The number of ketones is 1. The number of ether oxygens (including phenoxy) is 2. The molecule has 0 atom stereocenters. The minimum absolute atomic E-state index is 0.0829. The van der Waals surface area contributed by atoms with Crippen molar-refractivity contribution >= 4 is 5.78 Å². The predicted molar refractivity (Wildman–Crippen MR) is 67.6 cm³/mol. The summed E-state index contributed by atoms with van der Waals surface area (Å²) in [7, 11) is 1.64. The van der Waals surface area contributed by atoms with E-state index in [-0.39, 0.29) is 16.9 Å². The predicted octanol–water partition coefficient (Wildman–Crippen LogP) is 3.22. The zero-order valence-corrected chi connectivity index (χ0v) is 11.2. The van der Waals surface area contributed by atoms with E-state index in [4.69, 9.17) is 9.47 Å². The maximum absolute atomic E-state index is 13.5. The number of carbonyl (C=O) groups excluding carboxylic acids is 1. The summed E-state index contributed by atoms with van der Waals surface area (Å²) in [6.45, 7) is 5.67. The normalized spacial score (nSPS) is 11.4. The lowest BCUT2D eigenvalue weighted by atomic mass is 10.1. The Morgan fingerprint density at radius 2 is 2.06 bits per heavy atom. The van der Waals surface area contributed by atoms with Crippen molar-refractivity contribution in [3.63, 3.8) is 0 Å². The Balaban J connectivity index is 2.59. The van der Waals surface area contributed by atoms with Gasteiger partial charge in [-0.3, -0.25) is 4.79 Å². The van der Waals surface area contributed by atoms with Gasteiger partial charge in [0.25, 0.3) is 0 Å². The molecule has 0 aliphatic heterocycles. The molecule has 0 saturated carbocycles. The van der Waals surface area contributed by atoms with Gasteiger partial charge >= 0.3 is 0 Å². The summed E-state index contributed by atoms with van der Waals surface area (Å²) in [5.41, 5.74) is -0.183. The van der Waals surface area contributed by atoms with Gasteiger partial charge in [0.2, 0.25) is 0 Å². The topological polar surface area (TPSA) is 35.5 Å². The second-order valence-electron chi connectivity index (χ2n) is 4.76. The fourth-order valence-electron chi connectivity index (χ4n) is 1.39. The highest BCUT2D eigenvalue weighted by molar-refractivity contribution is 5.94. The third-order valence-electron chi connectivity index (χ3n) is 2.85. The Labute approximate surface area is 107 Å². The number of hydrogen-bond acceptors (Lipinski definition) is 3. The average Bonchev–Trinajstić information content (AvgIpc) is 2.28. The molecule has 0 unspecified atom stereocenters. The van der Waals surface area contributed by atoms with E-state index in [2.05, 4.69) is 0 Å². The zero-order chi connectivity index (χ0) is 13.8. The minimum atomic E-state index is -0.550. The monoisotopic (exact) mass is 254 g/mol. The standard InChI is InChI=1S/C14H19FO3/c1-10(16)12-6-5-11(9-13(12)15)18-8-7-14(2,3)17-4/h5-6,9H,7-8H2,1-4H3. The number of rotatable bonds is 6. The van der Waals surface area contributed by atoms with E-state index in [0.717, 1.165) is 0 Å². The Bertz CT molecular complexity index is 427. The molecule has 100 valence electrons. The van der Waals surface area contributed by atoms with E-state index in [1.807, 2.05) is 13.8 Å². The molecule has 4 heteroatoms. The van der Waals surface area contributed by atoms with Crippen molar-refractivity contribution in [1.82, 2.24) is 0 Å². The summed E-state index contributed by atoms with van der Waals surface area (Å²) in [5.74, 6) is -0.421. The molecule has 0 aliphatic rings. The SMILES string of the molecule is COC(C)(C)CCOc1ccc(C(C)=O)c(F)c1. The van der Waals surface area contributed by atoms with E-state index >= 15 is 0 Å². The van der Waals surface area contributed by atoms with E-state index < -0.39 is 5.82 Å². The van der Waals surface area contributed by atoms with E-state index in [1.165, 1.54) is 19.1 Å². The van der Waals surface area contributed by atoms with Crippen molar-refractivity contribution < 1.29 is 18.7 Å². The van der Waals surface area contributed by atoms with E-state index in [0.29, 0.717) is 18.8 Å². The van der Waals surface area contributed by atoms with Crippen molar-refractivity contribution in [2.75, 3.05) is 13.7 Å². The number of benzene rings is 1. The Hall–Kier alpha value is -1.42. The molecule has 0 aliphatic carbocycles. The molecule has 0 N–H and O–H groups in total. The Morgan fingerprint density at radius 3 is 2.56 bits per heavy atom. The molecule has 18 heavy (non-hydrogen) atoms. The quantitative estimate of drug-likeness (QED) is 0.731. The van der Waals surface area contributed by atoms with Crippen molar-refractivity contribution in [2.45, 2.75) is 32.8 Å². The maximum atomic E-state index is 13.5. The summed E-state index contributed by atoms with van der Waals surface area (Å²) in [6.07, 6.45) is 0.694. The lowest BCUT2D eigenvalue weighted by molar-refractivity contribution is 0.00544. The third-order valence-corrected chi connectivity index (χ3v) is 2.85. The number of halogens is 1. The van der Waals surface area contributed by atoms with Crippen LogP contribution in [0, 0.1) is 5.82 Å². The fourth-order valence-corrected chi connectivity index (χ4v) is 1.39. The Morgan fingerprint density at radius 1 is 1.39 bits per heavy atom. The molecule has 0 radical (unpaired) electrons. The molecule has 1 aromatic carbocycles. The first-order valence-corrected chi connectivity index (χ1v) is 5.84. The van der Waals surface area contributed by atoms with Gasteiger partial charge in [-0.25, -0.2) is 4.39 Å². The largest absolute Gasteiger partial charge is 0.493 e. The van der Waals surface area contributed by atoms with Gasteiger partial charge in [-0.2, -0.15) is 0 Å².